The summed E-state index contributed by atoms with van der Waals surface area (Å²) in [4.78, 5) is 65.4. The Balaban J connectivity index is 1.30. The van der Waals surface area contributed by atoms with Crippen molar-refractivity contribution < 1.29 is 29.1 Å². The Morgan fingerprint density at radius 2 is 2.03 bits per heavy atom. The molecule has 4 N–H and O–H groups in total. The van der Waals surface area contributed by atoms with Crippen molar-refractivity contribution in [1.82, 2.24) is 46.0 Å². The van der Waals surface area contributed by atoms with Crippen LogP contribution in [0.4, 0.5) is 9.59 Å². The summed E-state index contributed by atoms with van der Waals surface area (Å²) in [7, 11) is 1.66. The number of amides is 6. The molecule has 0 spiro atoms. The molecule has 15 nitrogen and oxygen atoms in total. The quantitative estimate of drug-likeness (QED) is 0.235. The topological polar surface area (TPSA) is 192 Å². The number of nitrogens with zero attached hydrogens (tertiary/aromatic N) is 6. The summed E-state index contributed by atoms with van der Waals surface area (Å²) in [6.07, 6.45) is 0. The molecular formula is C22H23N9O6S2. The van der Waals surface area contributed by atoms with Crippen molar-refractivity contribution >= 4 is 53.4 Å². The van der Waals surface area contributed by atoms with Gasteiger partial charge in [0, 0.05) is 31.6 Å². The molecule has 2 saturated heterocycles. The number of benzene rings is 1. The highest BCUT2D eigenvalue weighted by molar-refractivity contribution is 8.01. The number of hydrogen-bond donors (Lipinski definition) is 4. The first-order chi connectivity index (χ1) is 18.8. The number of thioether (sulfide) groups is 2. The molecule has 3 aliphatic heterocycles. The third-order valence-corrected chi connectivity index (χ3v) is 8.71. The second-order valence-corrected chi connectivity index (χ2v) is 10.8. The van der Waals surface area contributed by atoms with Crippen LogP contribution < -0.4 is 16.0 Å². The van der Waals surface area contributed by atoms with E-state index in [1.807, 2.05) is 0 Å². The summed E-state index contributed by atoms with van der Waals surface area (Å²) in [6, 6.07) is 4.91. The molecule has 0 radical (unpaired) electrons. The van der Waals surface area contributed by atoms with Crippen LogP contribution in [-0.4, -0.2) is 101 Å². The maximum Gasteiger partial charge on any atom is 0.352 e. The number of hydrogen-bond acceptors (Lipinski definition) is 10. The van der Waals surface area contributed by atoms with E-state index in [1.54, 1.807) is 37.4 Å². The summed E-state index contributed by atoms with van der Waals surface area (Å²) >= 11 is 2.58. The summed E-state index contributed by atoms with van der Waals surface area (Å²) < 4.78 is 1.46. The zero-order valence-electron chi connectivity index (χ0n) is 20.4. The van der Waals surface area contributed by atoms with E-state index < -0.39 is 47.3 Å². The van der Waals surface area contributed by atoms with Gasteiger partial charge in [-0.3, -0.25) is 14.5 Å². The van der Waals surface area contributed by atoms with Gasteiger partial charge in [0.25, 0.3) is 5.91 Å². The van der Waals surface area contributed by atoms with Crippen molar-refractivity contribution in [3.8, 4) is 0 Å². The number of imide groups is 1. The standard InChI is InChI=1S/C22H23N9O6S2/c1-29-22(26-27-28-29)39-10-12-9-38-18-14(17(33)31(18)15(12)19(34)35)24-16(32)13(11-5-3-2-4-6-11)25-21(37)30-8-7-23-20(30)36/h2-6,13-14,18H,7-10H2,1H3,(H,23,36)(H,24,32)(H,25,37)(H,34,35)/t13?,14?,18-/m1/s1. The number of fused-ring (bicyclic) bond motifs is 1. The number of carboxylic acids is 1. The Morgan fingerprint density at radius 1 is 1.26 bits per heavy atom. The smallest absolute Gasteiger partial charge is 0.352 e. The van der Waals surface area contributed by atoms with Crippen molar-refractivity contribution in [3.05, 3.63) is 47.2 Å². The molecule has 5 rings (SSSR count). The summed E-state index contributed by atoms with van der Waals surface area (Å²) in [6.45, 7) is 0.454. The predicted octanol–water partition coefficient (Wildman–Crippen LogP) is -0.483. The van der Waals surface area contributed by atoms with Crippen molar-refractivity contribution in [2.45, 2.75) is 22.6 Å². The van der Waals surface area contributed by atoms with Gasteiger partial charge in [-0.1, -0.05) is 42.1 Å². The Kier molecular flexibility index (Phi) is 7.42. The van der Waals surface area contributed by atoms with Crippen LogP contribution in [0.3, 0.4) is 0 Å². The molecule has 39 heavy (non-hydrogen) atoms. The fourth-order valence-electron chi connectivity index (χ4n) is 4.34. The SMILES string of the molecule is Cn1nnnc1SCC1=C(C(=O)O)N2C(=O)C(NC(=O)C(NC(=O)N3CCNC3=O)c3ccccc3)[C@H]2SC1. The number of β-lactam (4-membered cyclic amide) rings is 1. The van der Waals surface area contributed by atoms with Crippen molar-refractivity contribution in [1.29, 1.82) is 0 Å². The fraction of sp³-hybridized carbons (Fsp3) is 0.364. The number of aromatic nitrogens is 4. The highest BCUT2D eigenvalue weighted by Crippen LogP contribution is 2.41. The van der Waals surface area contributed by atoms with E-state index >= 15 is 0 Å². The van der Waals surface area contributed by atoms with Crippen LogP contribution in [0.25, 0.3) is 0 Å². The molecule has 1 aromatic heterocycles. The maximum absolute atomic E-state index is 13.4. The fourth-order valence-corrected chi connectivity index (χ4v) is 6.67. The monoisotopic (exact) mass is 573 g/mol. The molecule has 17 heteroatoms. The molecule has 4 heterocycles. The lowest BCUT2D eigenvalue weighted by atomic mass is 10.0. The van der Waals surface area contributed by atoms with Gasteiger partial charge in [-0.15, -0.1) is 16.9 Å². The third kappa shape index (κ3) is 5.14. The minimum Gasteiger partial charge on any atom is -0.477 e. The second-order valence-electron chi connectivity index (χ2n) is 8.70. The van der Waals surface area contributed by atoms with E-state index in [2.05, 4.69) is 31.5 Å². The van der Waals surface area contributed by atoms with Crippen molar-refractivity contribution in [2.75, 3.05) is 24.6 Å². The first-order valence-corrected chi connectivity index (χ1v) is 13.8. The first-order valence-electron chi connectivity index (χ1n) is 11.7. The van der Waals surface area contributed by atoms with Crippen LogP contribution in [0.2, 0.25) is 0 Å². The van der Waals surface area contributed by atoms with Crippen LogP contribution >= 0.6 is 23.5 Å². The number of tetrazole rings is 1. The first kappa shape index (κ1) is 26.5. The Hall–Kier alpha value is -4.12. The van der Waals surface area contributed by atoms with E-state index in [-0.39, 0.29) is 18.0 Å². The second kappa shape index (κ2) is 10.9. The van der Waals surface area contributed by atoms with Crippen LogP contribution in [0.15, 0.2) is 46.8 Å². The zero-order chi connectivity index (χ0) is 27.7. The predicted molar refractivity (Wildman–Crippen MR) is 137 cm³/mol. The number of rotatable bonds is 8. The van der Waals surface area contributed by atoms with Crippen LogP contribution in [0.5, 0.6) is 0 Å². The van der Waals surface area contributed by atoms with Crippen molar-refractivity contribution in [2.24, 2.45) is 7.05 Å². The highest BCUT2D eigenvalue weighted by atomic mass is 32.2. The van der Waals surface area contributed by atoms with E-state index in [4.69, 9.17) is 0 Å². The van der Waals surface area contributed by atoms with Gasteiger partial charge >= 0.3 is 18.0 Å². The van der Waals surface area contributed by atoms with Gasteiger partial charge in [-0.2, -0.15) is 0 Å². The molecule has 3 atom stereocenters. The van der Waals surface area contributed by atoms with E-state index in [0.29, 0.717) is 28.6 Å². The Labute approximate surface area is 229 Å². The summed E-state index contributed by atoms with van der Waals surface area (Å²) in [5.41, 5.74) is 0.865. The molecule has 0 bridgehead atoms. The van der Waals surface area contributed by atoms with Gasteiger partial charge < -0.3 is 21.1 Å². The molecule has 204 valence electrons. The van der Waals surface area contributed by atoms with E-state index in [0.717, 1.165) is 4.90 Å². The lowest BCUT2D eigenvalue weighted by molar-refractivity contribution is -0.151. The normalized spacial score (nSPS) is 21.2. The zero-order valence-corrected chi connectivity index (χ0v) is 22.1. The van der Waals surface area contributed by atoms with E-state index in [1.165, 1.54) is 33.1 Å². The molecule has 2 fully saturated rings. The van der Waals surface area contributed by atoms with E-state index in [9.17, 15) is 29.1 Å². The van der Waals surface area contributed by atoms with Crippen LogP contribution in [0.1, 0.15) is 11.6 Å². The molecule has 2 aromatic rings. The van der Waals surface area contributed by atoms with Crippen LogP contribution in [0, 0.1) is 0 Å². The van der Waals surface area contributed by atoms with Gasteiger partial charge in [0.15, 0.2) is 0 Å². The maximum atomic E-state index is 13.4. The minimum atomic E-state index is -1.25. The van der Waals surface area contributed by atoms with Crippen LogP contribution in [-0.2, 0) is 21.4 Å². The molecular weight excluding hydrogens is 550 g/mol. The Bertz CT molecular complexity index is 1370. The number of aryl methyl sites for hydroxylation is 1. The molecule has 6 amide bonds. The molecule has 0 aliphatic carbocycles. The van der Waals surface area contributed by atoms with Crippen molar-refractivity contribution in [3.63, 3.8) is 0 Å². The number of carbonyl (C=O) groups is 5. The number of carboxylic acid groups (broad SMARTS) is 1. The van der Waals surface area contributed by atoms with Gasteiger partial charge in [-0.05, 0) is 21.6 Å². The highest BCUT2D eigenvalue weighted by Gasteiger charge is 2.54. The molecule has 0 saturated carbocycles. The number of urea groups is 2. The van der Waals surface area contributed by atoms with Gasteiger partial charge in [0.05, 0.1) is 0 Å². The van der Waals surface area contributed by atoms with Gasteiger partial charge in [0.2, 0.25) is 11.1 Å². The number of nitrogens with one attached hydrogen (secondary N) is 3. The average molecular weight is 574 g/mol. The Morgan fingerprint density at radius 3 is 2.67 bits per heavy atom. The minimum absolute atomic E-state index is 0.121. The summed E-state index contributed by atoms with van der Waals surface area (Å²) in [5.74, 6) is -1.89. The van der Waals surface area contributed by atoms with Gasteiger partial charge in [0.1, 0.15) is 23.2 Å². The van der Waals surface area contributed by atoms with Gasteiger partial charge in [-0.25, -0.2) is 24.0 Å². The third-order valence-electron chi connectivity index (χ3n) is 6.27. The molecule has 2 unspecified atom stereocenters. The number of aliphatic carboxylic acids is 1. The molecule has 3 aliphatic rings. The molecule has 1 aromatic carbocycles. The largest absolute Gasteiger partial charge is 0.477 e. The lowest BCUT2D eigenvalue weighted by Gasteiger charge is -2.49. The summed E-state index contributed by atoms with van der Waals surface area (Å²) in [5, 5.41) is 28.7. The lowest BCUT2D eigenvalue weighted by Crippen LogP contribution is -2.71. The number of carbonyl (C=O) groups excluding carboxylic acids is 4. The average Bonchev–Trinajstić information content (AvgIpc) is 3.55.